The molecule has 1 heterocycles. The van der Waals surface area contributed by atoms with Gasteiger partial charge in [-0.25, -0.2) is 0 Å². The fourth-order valence-corrected chi connectivity index (χ4v) is 3.11. The number of para-hydroxylation sites is 1. The molecule has 4 nitrogen and oxygen atoms in total. The predicted octanol–water partition coefficient (Wildman–Crippen LogP) is 4.19. The van der Waals surface area contributed by atoms with E-state index in [0.29, 0.717) is 12.5 Å². The summed E-state index contributed by atoms with van der Waals surface area (Å²) in [5.74, 6) is 2.22. The number of benzene rings is 2. The predicted molar refractivity (Wildman–Crippen MR) is 114 cm³/mol. The van der Waals surface area contributed by atoms with Crippen LogP contribution < -0.4 is 15.4 Å². The van der Waals surface area contributed by atoms with Crippen LogP contribution in [0.3, 0.4) is 0 Å². The number of aliphatic imine (C=N–C) groups is 1. The van der Waals surface area contributed by atoms with Crippen molar-refractivity contribution in [2.75, 3.05) is 20.2 Å². The first-order valence-electron chi connectivity index (χ1n) is 8.17. The Bertz CT molecular complexity index is 723. The van der Waals surface area contributed by atoms with Crippen LogP contribution in [0.2, 0.25) is 5.02 Å². The molecule has 2 aromatic carbocycles. The number of hydrogen-bond acceptors (Lipinski definition) is 2. The van der Waals surface area contributed by atoms with Crippen LogP contribution >= 0.6 is 35.6 Å². The van der Waals surface area contributed by atoms with E-state index in [1.54, 1.807) is 7.05 Å². The van der Waals surface area contributed by atoms with Crippen molar-refractivity contribution in [1.82, 2.24) is 10.6 Å². The van der Waals surface area contributed by atoms with Gasteiger partial charge in [-0.05, 0) is 35.7 Å². The lowest BCUT2D eigenvalue weighted by molar-refractivity contribution is 0.267. The molecule has 0 aliphatic carbocycles. The standard InChI is InChI=1S/C19H22ClN3O.HI/c1-21-19(22-12-14-5-4-6-16(20)11-14)23-13-15-9-10-24-18-8-3-2-7-17(15)18;/h2-8,11,15H,9-10,12-13H2,1H3,(H2,21,22,23);1H. The van der Waals surface area contributed by atoms with Gasteiger partial charge in [0.25, 0.3) is 0 Å². The Morgan fingerprint density at radius 2 is 2.04 bits per heavy atom. The maximum atomic E-state index is 6.02. The normalized spacial score (nSPS) is 16.2. The molecular formula is C19H23ClIN3O. The highest BCUT2D eigenvalue weighted by molar-refractivity contribution is 14.0. The molecule has 0 aromatic heterocycles. The van der Waals surface area contributed by atoms with Crippen molar-refractivity contribution in [1.29, 1.82) is 0 Å². The second-order valence-electron chi connectivity index (χ2n) is 5.81. The highest BCUT2D eigenvalue weighted by Crippen LogP contribution is 2.32. The van der Waals surface area contributed by atoms with E-state index in [4.69, 9.17) is 16.3 Å². The summed E-state index contributed by atoms with van der Waals surface area (Å²) in [5, 5.41) is 7.49. The van der Waals surface area contributed by atoms with Gasteiger partial charge in [0.1, 0.15) is 5.75 Å². The summed E-state index contributed by atoms with van der Waals surface area (Å²) < 4.78 is 5.72. The van der Waals surface area contributed by atoms with Gasteiger partial charge in [-0.15, -0.1) is 24.0 Å². The fourth-order valence-electron chi connectivity index (χ4n) is 2.90. The summed E-state index contributed by atoms with van der Waals surface area (Å²) >= 11 is 6.02. The molecule has 2 N–H and O–H groups in total. The maximum absolute atomic E-state index is 6.02. The van der Waals surface area contributed by atoms with Crippen molar-refractivity contribution >= 4 is 41.5 Å². The number of nitrogens with one attached hydrogen (secondary N) is 2. The van der Waals surface area contributed by atoms with E-state index in [2.05, 4.69) is 27.8 Å². The Morgan fingerprint density at radius 1 is 1.20 bits per heavy atom. The summed E-state index contributed by atoms with van der Waals surface area (Å²) in [6, 6.07) is 16.1. The lowest BCUT2D eigenvalue weighted by Gasteiger charge is -2.26. The van der Waals surface area contributed by atoms with Crippen LogP contribution in [0.4, 0.5) is 0 Å². The van der Waals surface area contributed by atoms with E-state index >= 15 is 0 Å². The molecule has 0 bridgehead atoms. The largest absolute Gasteiger partial charge is 0.493 e. The van der Waals surface area contributed by atoms with Crippen molar-refractivity contribution in [2.24, 2.45) is 4.99 Å². The van der Waals surface area contributed by atoms with Crippen LogP contribution in [-0.2, 0) is 6.54 Å². The number of fused-ring (bicyclic) bond motifs is 1. The number of guanidine groups is 1. The molecule has 1 atom stereocenters. The third-order valence-electron chi connectivity index (χ3n) is 4.17. The molecule has 1 aliphatic heterocycles. The lowest BCUT2D eigenvalue weighted by atomic mass is 9.93. The van der Waals surface area contributed by atoms with Crippen LogP contribution in [0.25, 0.3) is 0 Å². The summed E-state index contributed by atoms with van der Waals surface area (Å²) in [6.07, 6.45) is 1.01. The molecule has 2 aromatic rings. The SMILES string of the molecule is CN=C(NCc1cccc(Cl)c1)NCC1CCOc2ccccc21.I. The zero-order valence-electron chi connectivity index (χ0n) is 14.2. The molecule has 1 unspecified atom stereocenters. The third-order valence-corrected chi connectivity index (χ3v) is 4.41. The van der Waals surface area contributed by atoms with E-state index in [1.807, 2.05) is 36.4 Å². The minimum atomic E-state index is 0. The molecule has 3 rings (SSSR count). The Kier molecular flexibility index (Phi) is 7.84. The topological polar surface area (TPSA) is 45.7 Å². The average Bonchev–Trinajstić information content (AvgIpc) is 2.62. The Morgan fingerprint density at radius 3 is 2.84 bits per heavy atom. The minimum absolute atomic E-state index is 0. The summed E-state index contributed by atoms with van der Waals surface area (Å²) in [5.41, 5.74) is 2.39. The number of rotatable bonds is 4. The minimum Gasteiger partial charge on any atom is -0.493 e. The molecule has 0 spiro atoms. The van der Waals surface area contributed by atoms with Crippen LogP contribution in [0.15, 0.2) is 53.5 Å². The maximum Gasteiger partial charge on any atom is 0.191 e. The van der Waals surface area contributed by atoms with Crippen molar-refractivity contribution in [3.8, 4) is 5.75 Å². The van der Waals surface area contributed by atoms with Gasteiger partial charge in [0, 0.05) is 31.1 Å². The average molecular weight is 472 g/mol. The smallest absolute Gasteiger partial charge is 0.191 e. The first kappa shape index (κ1) is 19.8. The Labute approximate surface area is 171 Å². The Hall–Kier alpha value is -1.47. The molecule has 1 aliphatic rings. The van der Waals surface area contributed by atoms with Crippen LogP contribution in [-0.4, -0.2) is 26.2 Å². The van der Waals surface area contributed by atoms with E-state index < -0.39 is 0 Å². The highest BCUT2D eigenvalue weighted by Gasteiger charge is 2.20. The summed E-state index contributed by atoms with van der Waals surface area (Å²) in [4.78, 5) is 4.30. The highest BCUT2D eigenvalue weighted by atomic mass is 127. The molecule has 25 heavy (non-hydrogen) atoms. The van der Waals surface area contributed by atoms with Crippen molar-refractivity contribution < 1.29 is 4.74 Å². The van der Waals surface area contributed by atoms with Gasteiger partial charge >= 0.3 is 0 Å². The number of hydrogen-bond donors (Lipinski definition) is 2. The van der Waals surface area contributed by atoms with Gasteiger partial charge in [0.15, 0.2) is 5.96 Å². The van der Waals surface area contributed by atoms with Gasteiger partial charge < -0.3 is 15.4 Å². The van der Waals surface area contributed by atoms with Gasteiger partial charge in [-0.1, -0.05) is 41.9 Å². The zero-order valence-corrected chi connectivity index (χ0v) is 17.3. The van der Waals surface area contributed by atoms with E-state index in [-0.39, 0.29) is 24.0 Å². The molecule has 0 saturated heterocycles. The molecule has 6 heteroatoms. The number of ether oxygens (including phenoxy) is 1. The third kappa shape index (κ3) is 5.51. The molecular weight excluding hydrogens is 449 g/mol. The molecule has 134 valence electrons. The number of halogens is 2. The second kappa shape index (κ2) is 9.87. The van der Waals surface area contributed by atoms with Crippen molar-refractivity contribution in [2.45, 2.75) is 18.9 Å². The lowest BCUT2D eigenvalue weighted by Crippen LogP contribution is -2.39. The first-order chi connectivity index (χ1) is 11.8. The van der Waals surface area contributed by atoms with Crippen molar-refractivity contribution in [3.05, 3.63) is 64.7 Å². The Balaban J connectivity index is 0.00000225. The van der Waals surface area contributed by atoms with E-state index in [9.17, 15) is 0 Å². The summed E-state index contributed by atoms with van der Waals surface area (Å²) in [7, 11) is 1.78. The second-order valence-corrected chi connectivity index (χ2v) is 6.24. The van der Waals surface area contributed by atoms with Gasteiger partial charge in [-0.2, -0.15) is 0 Å². The van der Waals surface area contributed by atoms with Gasteiger partial charge in [0.2, 0.25) is 0 Å². The van der Waals surface area contributed by atoms with Crippen LogP contribution in [0.5, 0.6) is 5.75 Å². The van der Waals surface area contributed by atoms with Crippen LogP contribution in [0, 0.1) is 0 Å². The summed E-state index contributed by atoms with van der Waals surface area (Å²) in [6.45, 7) is 2.28. The molecule has 0 fully saturated rings. The van der Waals surface area contributed by atoms with Gasteiger partial charge in [0.05, 0.1) is 6.61 Å². The van der Waals surface area contributed by atoms with E-state index in [1.165, 1.54) is 5.56 Å². The van der Waals surface area contributed by atoms with E-state index in [0.717, 1.165) is 41.9 Å². The fraction of sp³-hybridized carbons (Fsp3) is 0.316. The molecule has 0 radical (unpaired) electrons. The molecule has 0 amide bonds. The first-order valence-corrected chi connectivity index (χ1v) is 8.55. The quantitative estimate of drug-likeness (QED) is 0.399. The van der Waals surface area contributed by atoms with Gasteiger partial charge in [-0.3, -0.25) is 4.99 Å². The molecule has 0 saturated carbocycles. The van der Waals surface area contributed by atoms with Crippen molar-refractivity contribution in [3.63, 3.8) is 0 Å². The zero-order chi connectivity index (χ0) is 16.8. The number of nitrogens with zero attached hydrogens (tertiary/aromatic N) is 1. The van der Waals surface area contributed by atoms with Crippen LogP contribution in [0.1, 0.15) is 23.5 Å². The monoisotopic (exact) mass is 471 g/mol.